The van der Waals surface area contributed by atoms with Gasteiger partial charge in [0, 0.05) is 67.7 Å². The summed E-state index contributed by atoms with van der Waals surface area (Å²) in [5, 5.41) is 14.6. The van der Waals surface area contributed by atoms with E-state index in [1.165, 1.54) is 5.56 Å². The van der Waals surface area contributed by atoms with Crippen LogP contribution in [-0.4, -0.2) is 83.2 Å². The molecule has 0 unspecified atom stereocenters. The molecule has 0 spiro atoms. The van der Waals surface area contributed by atoms with Crippen molar-refractivity contribution in [1.82, 2.24) is 20.4 Å². The molecule has 1 aliphatic heterocycles. The van der Waals surface area contributed by atoms with Crippen molar-refractivity contribution in [3.63, 3.8) is 0 Å². The number of benzene rings is 2. The van der Waals surface area contributed by atoms with Gasteiger partial charge in [-0.05, 0) is 42.5 Å². The Morgan fingerprint density at radius 2 is 1.63 bits per heavy atom. The number of amides is 2. The van der Waals surface area contributed by atoms with Gasteiger partial charge in [0.1, 0.15) is 6.04 Å². The maximum absolute atomic E-state index is 12.6. The van der Waals surface area contributed by atoms with Gasteiger partial charge in [0.15, 0.2) is 0 Å². The summed E-state index contributed by atoms with van der Waals surface area (Å²) in [6.45, 7) is 6.28. The van der Waals surface area contributed by atoms with Crippen molar-refractivity contribution in [1.29, 1.82) is 0 Å². The molecule has 1 saturated carbocycles. The van der Waals surface area contributed by atoms with Crippen molar-refractivity contribution >= 4 is 41.0 Å². The van der Waals surface area contributed by atoms with Crippen LogP contribution in [0.2, 0.25) is 10.0 Å². The first-order valence-corrected chi connectivity index (χ1v) is 16.4. The van der Waals surface area contributed by atoms with E-state index in [0.29, 0.717) is 28.5 Å². The smallest absolute Gasteiger partial charge is 0.471 e. The van der Waals surface area contributed by atoms with Crippen molar-refractivity contribution in [2.24, 2.45) is 0 Å². The lowest BCUT2D eigenvalue weighted by Crippen LogP contribution is -2.62. The first-order chi connectivity index (χ1) is 21.8. The molecule has 46 heavy (non-hydrogen) atoms. The molecule has 0 bridgehead atoms. The minimum Gasteiger partial charge on any atom is -0.480 e. The number of piperazine rings is 1. The number of rotatable bonds is 11. The minimum atomic E-state index is -4.82. The molecule has 2 fully saturated rings. The maximum Gasteiger partial charge on any atom is 0.471 e. The number of hydrogen-bond acceptors (Lipinski definition) is 5. The minimum absolute atomic E-state index is 0.0873. The lowest BCUT2D eigenvalue weighted by atomic mass is 9.79. The van der Waals surface area contributed by atoms with Gasteiger partial charge in [0.05, 0.1) is 0 Å². The Balaban J connectivity index is 0.000000268. The van der Waals surface area contributed by atoms with Gasteiger partial charge in [0.25, 0.3) is 0 Å². The second-order valence-corrected chi connectivity index (χ2v) is 12.7. The average molecular weight is 688 g/mol. The molecule has 8 nitrogen and oxygen atoms in total. The molecule has 2 aromatic carbocycles. The van der Waals surface area contributed by atoms with Crippen LogP contribution < -0.4 is 10.6 Å². The topological polar surface area (TPSA) is 102 Å². The highest BCUT2D eigenvalue weighted by Crippen LogP contribution is 2.34. The van der Waals surface area contributed by atoms with Crippen LogP contribution in [0.1, 0.15) is 63.0 Å². The van der Waals surface area contributed by atoms with E-state index >= 15 is 0 Å². The molecule has 13 heteroatoms. The zero-order valence-electron chi connectivity index (χ0n) is 26.1. The third-order valence-corrected chi connectivity index (χ3v) is 9.05. The van der Waals surface area contributed by atoms with Crippen molar-refractivity contribution in [2.45, 2.75) is 82.6 Å². The fourth-order valence-electron chi connectivity index (χ4n) is 5.98. The summed E-state index contributed by atoms with van der Waals surface area (Å²) in [5.41, 5.74) is 1.57. The van der Waals surface area contributed by atoms with E-state index in [-0.39, 0.29) is 24.4 Å². The Morgan fingerprint density at radius 1 is 0.978 bits per heavy atom. The Hall–Kier alpha value is -2.86. The van der Waals surface area contributed by atoms with Gasteiger partial charge in [-0.25, -0.2) is 4.79 Å². The molecule has 1 aliphatic carbocycles. The number of carbonyl (C=O) groups excluding carboxylic acids is 2. The largest absolute Gasteiger partial charge is 0.480 e. The number of carboxylic acid groups (broad SMARTS) is 1. The van der Waals surface area contributed by atoms with Gasteiger partial charge in [-0.3, -0.25) is 19.4 Å². The van der Waals surface area contributed by atoms with Gasteiger partial charge >= 0.3 is 18.1 Å². The summed E-state index contributed by atoms with van der Waals surface area (Å²) in [5.74, 6) is -3.19. The van der Waals surface area contributed by atoms with Crippen LogP contribution in [0.5, 0.6) is 0 Å². The number of alkyl halides is 3. The third-order valence-electron chi connectivity index (χ3n) is 8.46. The lowest BCUT2D eigenvalue weighted by Gasteiger charge is -2.50. The molecular weight excluding hydrogens is 644 g/mol. The molecule has 2 amide bonds. The van der Waals surface area contributed by atoms with Gasteiger partial charge in [-0.15, -0.1) is 0 Å². The molecule has 254 valence electrons. The molecular formula is C33H43Cl2F3N4O4. The van der Waals surface area contributed by atoms with E-state index in [1.807, 2.05) is 25.1 Å². The van der Waals surface area contributed by atoms with Crippen molar-refractivity contribution in [2.75, 3.05) is 32.7 Å². The van der Waals surface area contributed by atoms with E-state index in [1.54, 1.807) is 18.2 Å². The van der Waals surface area contributed by atoms with Crippen LogP contribution in [0.15, 0.2) is 48.5 Å². The highest BCUT2D eigenvalue weighted by atomic mass is 35.5. The van der Waals surface area contributed by atoms with Crippen molar-refractivity contribution in [3.8, 4) is 0 Å². The fourth-order valence-corrected chi connectivity index (χ4v) is 6.47. The number of halogens is 5. The van der Waals surface area contributed by atoms with Gasteiger partial charge < -0.3 is 15.7 Å². The maximum atomic E-state index is 12.6. The molecule has 1 heterocycles. The molecule has 2 aromatic rings. The first kappa shape index (κ1) is 37.6. The average Bonchev–Trinajstić information content (AvgIpc) is 3.02. The highest BCUT2D eigenvalue weighted by molar-refractivity contribution is 6.35. The number of carbonyl (C=O) groups is 3. The lowest BCUT2D eigenvalue weighted by molar-refractivity contribution is -0.174. The second kappa shape index (κ2) is 17.9. The summed E-state index contributed by atoms with van der Waals surface area (Å²) in [6.07, 6.45) is 1.11. The van der Waals surface area contributed by atoms with Crippen LogP contribution >= 0.6 is 23.2 Å². The predicted octanol–water partition coefficient (Wildman–Crippen LogP) is 6.09. The summed E-state index contributed by atoms with van der Waals surface area (Å²) >= 11 is 11.8. The number of nitrogens with one attached hydrogen (secondary N) is 2. The molecule has 1 atom stereocenters. The Morgan fingerprint density at radius 3 is 2.20 bits per heavy atom. The van der Waals surface area contributed by atoms with Crippen molar-refractivity contribution in [3.05, 3.63) is 69.7 Å². The van der Waals surface area contributed by atoms with Gasteiger partial charge in [-0.2, -0.15) is 13.2 Å². The molecule has 3 N–H and O–H groups in total. The molecule has 0 radical (unpaired) electrons. The summed E-state index contributed by atoms with van der Waals surface area (Å²) in [7, 11) is 0. The van der Waals surface area contributed by atoms with E-state index in [4.69, 9.17) is 28.3 Å². The molecule has 4 rings (SSSR count). The van der Waals surface area contributed by atoms with Crippen LogP contribution in [0.25, 0.3) is 0 Å². The van der Waals surface area contributed by atoms with Gasteiger partial charge in [0.2, 0.25) is 5.91 Å². The Kier molecular flexibility index (Phi) is 14.6. The van der Waals surface area contributed by atoms with Crippen LogP contribution in [0.4, 0.5) is 13.2 Å². The van der Waals surface area contributed by atoms with Crippen LogP contribution in [0.3, 0.4) is 0 Å². The quantitative estimate of drug-likeness (QED) is 0.265. The van der Waals surface area contributed by atoms with Gasteiger partial charge in [-0.1, -0.05) is 85.8 Å². The SMILES string of the molecule is CCCC(=O)N[C@H](Cc1ccc(Cl)cc1Cl)C(=O)O.O=C(NCC1(N2CCN(Cc3ccccc3)CC2)CCCCC1)C(F)(F)F. The van der Waals surface area contributed by atoms with Crippen LogP contribution in [0, 0.1) is 0 Å². The number of aliphatic carboxylic acids is 1. The first-order valence-electron chi connectivity index (χ1n) is 15.7. The van der Waals surface area contributed by atoms with Crippen LogP contribution in [-0.2, 0) is 27.3 Å². The summed E-state index contributed by atoms with van der Waals surface area (Å²) in [6, 6.07) is 14.1. The number of nitrogens with zero attached hydrogens (tertiary/aromatic N) is 2. The third kappa shape index (κ3) is 11.7. The molecule has 0 aromatic heterocycles. The number of carboxylic acids is 1. The highest BCUT2D eigenvalue weighted by Gasteiger charge is 2.43. The monoisotopic (exact) mass is 686 g/mol. The van der Waals surface area contributed by atoms with E-state index < -0.39 is 24.1 Å². The van der Waals surface area contributed by atoms with E-state index in [2.05, 4.69) is 32.6 Å². The normalized spacial score (nSPS) is 17.7. The standard InChI is InChI=1S/C20H28F3N3O.C13H15Cl2NO3/c21-20(22,23)18(27)24-16-19(9-5-2-6-10-19)26-13-11-25(12-14-26)15-17-7-3-1-4-8-17;1-2-3-12(17)16-11(13(18)19)6-8-4-5-9(14)7-10(8)15/h1,3-4,7-8H,2,5-6,9-16H2,(H,24,27);4-5,7,11H,2-3,6H2,1H3,(H,16,17)(H,18,19)/t;11-/m.1/s1. The Labute approximate surface area is 278 Å². The van der Waals surface area contributed by atoms with Crippen molar-refractivity contribution < 1.29 is 32.7 Å². The summed E-state index contributed by atoms with van der Waals surface area (Å²) in [4.78, 5) is 38.6. The Bertz CT molecular complexity index is 1290. The predicted molar refractivity (Wildman–Crippen MR) is 173 cm³/mol. The van der Waals surface area contributed by atoms with E-state index in [9.17, 15) is 27.6 Å². The molecule has 2 aliphatic rings. The van der Waals surface area contributed by atoms with E-state index in [0.717, 1.165) is 64.8 Å². The number of hydrogen-bond donors (Lipinski definition) is 3. The second-order valence-electron chi connectivity index (χ2n) is 11.9. The zero-order valence-corrected chi connectivity index (χ0v) is 27.6. The summed E-state index contributed by atoms with van der Waals surface area (Å²) < 4.78 is 37.8. The fraction of sp³-hybridized carbons (Fsp3) is 0.545. The molecule has 1 saturated heterocycles. The zero-order chi connectivity index (χ0) is 33.7.